The Bertz CT molecular complexity index is 1490. The minimum absolute atomic E-state index is 0.216. The van der Waals surface area contributed by atoms with E-state index in [1.54, 1.807) is 59.3 Å². The minimum atomic E-state index is -4.44. The van der Waals surface area contributed by atoms with Gasteiger partial charge < -0.3 is 19.1 Å². The Morgan fingerprint density at radius 2 is 1.64 bits per heavy atom. The van der Waals surface area contributed by atoms with Crippen LogP contribution >= 0.6 is 0 Å². The molecule has 0 saturated heterocycles. The van der Waals surface area contributed by atoms with Crippen LogP contribution in [-0.2, 0) is 17.5 Å². The lowest BCUT2D eigenvalue weighted by Crippen LogP contribution is -2.22. The summed E-state index contributed by atoms with van der Waals surface area (Å²) in [4.78, 5) is 24.2. The van der Waals surface area contributed by atoms with Crippen LogP contribution in [0.4, 0.5) is 13.2 Å². The summed E-state index contributed by atoms with van der Waals surface area (Å²) in [6, 6.07) is 21.2. The number of aliphatic carboxylic acids is 1. The smallest absolute Gasteiger partial charge is 0.416 e. The van der Waals surface area contributed by atoms with Gasteiger partial charge in [-0.3, -0.25) is 4.79 Å². The summed E-state index contributed by atoms with van der Waals surface area (Å²) in [6.45, 7) is 1.85. The second-order valence-corrected chi connectivity index (χ2v) is 8.60. The van der Waals surface area contributed by atoms with E-state index >= 15 is 0 Å². The number of carbonyl (C=O) groups is 2. The fraction of sp³-hybridized carbons (Fsp3) is 0.133. The van der Waals surface area contributed by atoms with Crippen molar-refractivity contribution in [3.8, 4) is 17.2 Å². The molecule has 4 rings (SSSR count). The Hall–Kier alpha value is -4.79. The Morgan fingerprint density at radius 3 is 2.36 bits per heavy atom. The number of allylic oxidation sites excluding steroid dienone is 1. The van der Waals surface area contributed by atoms with E-state index in [1.807, 2.05) is 18.2 Å². The first kappa shape index (κ1) is 27.3. The van der Waals surface area contributed by atoms with Crippen LogP contribution in [0.2, 0.25) is 0 Å². The number of hydrogen-bond donors (Lipinski definition) is 1. The van der Waals surface area contributed by atoms with Crippen molar-refractivity contribution in [1.82, 2.24) is 4.57 Å². The number of carboxylic acid groups (broad SMARTS) is 1. The first-order valence-corrected chi connectivity index (χ1v) is 11.9. The maximum Gasteiger partial charge on any atom is 0.416 e. The summed E-state index contributed by atoms with van der Waals surface area (Å²) < 4.78 is 51.2. The zero-order chi connectivity index (χ0) is 28.0. The molecule has 3 aromatic carbocycles. The Balaban J connectivity index is 1.43. The largest absolute Gasteiger partial charge is 0.479 e. The number of halogens is 3. The SMILES string of the molecule is CC(Oc1cccc(/C=C/Cn2cccc2C(=O)c2cccc(Oc3ccc(C(F)(F)F)cc3)c2)c1)C(=O)O. The van der Waals surface area contributed by atoms with Gasteiger partial charge in [0.25, 0.3) is 0 Å². The topological polar surface area (TPSA) is 77.8 Å². The molecule has 39 heavy (non-hydrogen) atoms. The van der Waals surface area contributed by atoms with Gasteiger partial charge in [0, 0.05) is 18.3 Å². The highest BCUT2D eigenvalue weighted by atomic mass is 19.4. The van der Waals surface area contributed by atoms with Crippen molar-refractivity contribution in [2.45, 2.75) is 25.7 Å². The quantitative estimate of drug-likeness (QED) is 0.219. The molecule has 0 radical (unpaired) electrons. The molecule has 1 unspecified atom stereocenters. The van der Waals surface area contributed by atoms with Gasteiger partial charge in [-0.25, -0.2) is 4.79 Å². The van der Waals surface area contributed by atoms with Gasteiger partial charge >= 0.3 is 12.1 Å². The molecule has 0 amide bonds. The first-order chi connectivity index (χ1) is 18.6. The van der Waals surface area contributed by atoms with Crippen molar-refractivity contribution < 1.29 is 37.3 Å². The third-order valence-corrected chi connectivity index (χ3v) is 5.71. The van der Waals surface area contributed by atoms with Gasteiger partial charge in [0.2, 0.25) is 5.78 Å². The van der Waals surface area contributed by atoms with E-state index in [9.17, 15) is 22.8 Å². The number of carbonyl (C=O) groups excluding carboxylic acids is 1. The summed E-state index contributed by atoms with van der Waals surface area (Å²) in [5.74, 6) is -0.338. The summed E-state index contributed by atoms with van der Waals surface area (Å²) in [5, 5.41) is 9.02. The third kappa shape index (κ3) is 7.16. The molecule has 0 saturated carbocycles. The Kier molecular flexibility index (Phi) is 8.19. The van der Waals surface area contributed by atoms with Crippen LogP contribution in [0.1, 0.15) is 34.1 Å². The van der Waals surface area contributed by atoms with Gasteiger partial charge in [0.15, 0.2) is 6.10 Å². The molecule has 9 heteroatoms. The highest BCUT2D eigenvalue weighted by Crippen LogP contribution is 2.31. The number of hydrogen-bond acceptors (Lipinski definition) is 4. The normalized spacial score (nSPS) is 12.3. The van der Waals surface area contributed by atoms with Gasteiger partial charge in [-0.15, -0.1) is 0 Å². The fourth-order valence-corrected chi connectivity index (χ4v) is 3.72. The molecule has 1 atom stereocenters. The van der Waals surface area contributed by atoms with E-state index in [1.165, 1.54) is 25.1 Å². The lowest BCUT2D eigenvalue weighted by molar-refractivity contribution is -0.144. The van der Waals surface area contributed by atoms with Gasteiger partial charge in [-0.05, 0) is 73.2 Å². The summed E-state index contributed by atoms with van der Waals surface area (Å²) in [6.07, 6.45) is 0.0603. The average molecular weight is 536 g/mol. The van der Waals surface area contributed by atoms with E-state index in [0.29, 0.717) is 29.3 Å². The van der Waals surface area contributed by atoms with E-state index in [4.69, 9.17) is 14.6 Å². The van der Waals surface area contributed by atoms with Crippen molar-refractivity contribution in [1.29, 1.82) is 0 Å². The summed E-state index contributed by atoms with van der Waals surface area (Å²) in [5.41, 5.74) is 0.833. The van der Waals surface area contributed by atoms with E-state index in [2.05, 4.69) is 0 Å². The average Bonchev–Trinajstić information content (AvgIpc) is 3.37. The lowest BCUT2D eigenvalue weighted by atomic mass is 10.1. The van der Waals surface area contributed by atoms with Gasteiger partial charge in [-0.2, -0.15) is 13.2 Å². The highest BCUT2D eigenvalue weighted by molar-refractivity contribution is 6.08. The molecule has 0 aliphatic heterocycles. The van der Waals surface area contributed by atoms with Crippen molar-refractivity contribution in [2.24, 2.45) is 0 Å². The second-order valence-electron chi connectivity index (χ2n) is 8.60. The third-order valence-electron chi connectivity index (χ3n) is 5.71. The van der Waals surface area contributed by atoms with Crippen LogP contribution in [0.3, 0.4) is 0 Å². The zero-order valence-electron chi connectivity index (χ0n) is 20.8. The molecular weight excluding hydrogens is 511 g/mol. The number of aromatic nitrogens is 1. The molecule has 1 aromatic heterocycles. The van der Waals surface area contributed by atoms with Crippen molar-refractivity contribution in [3.05, 3.63) is 120 Å². The number of nitrogens with zero attached hydrogens (tertiary/aromatic N) is 1. The fourth-order valence-electron chi connectivity index (χ4n) is 3.72. The minimum Gasteiger partial charge on any atom is -0.479 e. The van der Waals surface area contributed by atoms with Crippen LogP contribution in [-0.4, -0.2) is 27.5 Å². The number of ether oxygens (including phenoxy) is 2. The van der Waals surface area contributed by atoms with Crippen LogP contribution in [0.15, 0.2) is 97.2 Å². The molecular formula is C30H24F3NO5. The molecule has 6 nitrogen and oxygen atoms in total. The monoisotopic (exact) mass is 535 g/mol. The van der Waals surface area contributed by atoms with Gasteiger partial charge in [0.1, 0.15) is 17.2 Å². The summed E-state index contributed by atoms with van der Waals surface area (Å²) >= 11 is 0. The maximum atomic E-state index is 13.2. The number of alkyl halides is 3. The van der Waals surface area contributed by atoms with E-state index in [0.717, 1.165) is 17.7 Å². The molecule has 0 spiro atoms. The molecule has 0 bridgehead atoms. The summed E-state index contributed by atoms with van der Waals surface area (Å²) in [7, 11) is 0. The second kappa shape index (κ2) is 11.7. The Morgan fingerprint density at radius 1 is 0.923 bits per heavy atom. The molecule has 0 aliphatic carbocycles. The molecule has 200 valence electrons. The van der Waals surface area contributed by atoms with Crippen molar-refractivity contribution in [3.63, 3.8) is 0 Å². The van der Waals surface area contributed by atoms with Crippen LogP contribution in [0.25, 0.3) is 6.08 Å². The number of rotatable bonds is 10. The molecule has 0 fully saturated rings. The number of benzene rings is 3. The number of carboxylic acids is 1. The molecule has 1 heterocycles. The molecule has 4 aromatic rings. The van der Waals surface area contributed by atoms with E-state index in [-0.39, 0.29) is 11.5 Å². The first-order valence-electron chi connectivity index (χ1n) is 11.9. The zero-order valence-corrected chi connectivity index (χ0v) is 20.8. The van der Waals surface area contributed by atoms with E-state index < -0.39 is 23.8 Å². The molecule has 1 N–H and O–H groups in total. The van der Waals surface area contributed by atoms with Crippen molar-refractivity contribution >= 4 is 17.8 Å². The van der Waals surface area contributed by atoms with Crippen molar-refractivity contribution in [2.75, 3.05) is 0 Å². The van der Waals surface area contributed by atoms with Crippen LogP contribution in [0, 0.1) is 0 Å². The maximum absolute atomic E-state index is 13.2. The standard InChI is InChI=1S/C30H24F3NO5/c1-20(29(36)37)38-25-9-2-6-21(18-25)7-4-16-34-17-5-11-27(34)28(35)22-8-3-10-26(19-22)39-24-14-12-23(13-15-24)30(31,32)33/h2-15,17-20H,16H2,1H3,(H,36,37)/b7-4+. The lowest BCUT2D eigenvalue weighted by Gasteiger charge is -2.11. The number of ketones is 1. The highest BCUT2D eigenvalue weighted by Gasteiger charge is 2.30. The Labute approximate surface area is 222 Å². The van der Waals surface area contributed by atoms with Crippen LogP contribution in [0.5, 0.6) is 17.2 Å². The predicted molar refractivity (Wildman–Crippen MR) is 139 cm³/mol. The van der Waals surface area contributed by atoms with Gasteiger partial charge in [-0.1, -0.05) is 36.4 Å². The molecule has 0 aliphatic rings. The van der Waals surface area contributed by atoms with Gasteiger partial charge in [0.05, 0.1) is 11.3 Å². The predicted octanol–water partition coefficient (Wildman–Crippen LogP) is 7.10. The van der Waals surface area contributed by atoms with Crippen LogP contribution < -0.4 is 9.47 Å².